The first-order valence-electron chi connectivity index (χ1n) is 2.45. The van der Waals surface area contributed by atoms with E-state index in [-0.39, 0.29) is 5.75 Å². The number of aromatic hydroxyl groups is 1. The van der Waals surface area contributed by atoms with E-state index in [0.29, 0.717) is 9.50 Å². The van der Waals surface area contributed by atoms with Crippen LogP contribution in [-0.4, -0.2) is 5.11 Å². The highest BCUT2D eigenvalue weighted by Gasteiger charge is 2.03. The highest BCUT2D eigenvalue weighted by molar-refractivity contribution is 14.1. The molecule has 0 unspecified atom stereocenters. The largest absolute Gasteiger partial charge is 0.506 e. The van der Waals surface area contributed by atoms with E-state index in [9.17, 15) is 5.11 Å². The fourth-order valence-corrected chi connectivity index (χ4v) is 2.53. The third-order valence-electron chi connectivity index (χ3n) is 0.982. The maximum absolute atomic E-state index is 9.22. The Morgan fingerprint density at radius 3 is 2.60 bits per heavy atom. The molecule has 1 aromatic carbocycles. The maximum atomic E-state index is 9.22. The molecule has 0 aliphatic rings. The molecule has 1 N–H and O–H groups in total. The Balaban J connectivity index is 3.31. The zero-order chi connectivity index (χ0) is 7.72. The average molecular weight is 333 g/mol. The van der Waals surface area contributed by atoms with Crippen molar-refractivity contribution < 1.29 is 5.11 Å². The highest BCUT2D eigenvalue weighted by atomic mass is 127. The van der Waals surface area contributed by atoms with Gasteiger partial charge in [-0.1, -0.05) is 11.6 Å². The van der Waals surface area contributed by atoms with E-state index >= 15 is 0 Å². The van der Waals surface area contributed by atoms with Gasteiger partial charge in [-0.2, -0.15) is 0 Å². The van der Waals surface area contributed by atoms with Crippen molar-refractivity contribution in [3.63, 3.8) is 0 Å². The summed E-state index contributed by atoms with van der Waals surface area (Å²) in [6.45, 7) is 0. The zero-order valence-corrected chi connectivity index (χ0v) is 9.24. The number of hydrogen-bond acceptors (Lipinski definition) is 1. The van der Waals surface area contributed by atoms with Crippen LogP contribution < -0.4 is 0 Å². The van der Waals surface area contributed by atoms with Gasteiger partial charge in [-0.15, -0.1) is 0 Å². The number of rotatable bonds is 0. The molecule has 4 heteroatoms. The third-order valence-corrected chi connectivity index (χ3v) is 2.63. The minimum Gasteiger partial charge on any atom is -0.506 e. The standard InChI is InChI=1S/C6H3BrClIO/c7-4-1-3(8)2-5(9)6(4)10/h1-2,10H. The van der Waals surface area contributed by atoms with Crippen molar-refractivity contribution in [3.05, 3.63) is 25.2 Å². The Morgan fingerprint density at radius 1 is 1.50 bits per heavy atom. The fourth-order valence-electron chi connectivity index (χ4n) is 0.535. The molecule has 0 fully saturated rings. The van der Waals surface area contributed by atoms with Crippen molar-refractivity contribution in [3.8, 4) is 5.75 Å². The lowest BCUT2D eigenvalue weighted by atomic mass is 10.3. The summed E-state index contributed by atoms with van der Waals surface area (Å²) in [5.41, 5.74) is 0. The average Bonchev–Trinajstić information content (AvgIpc) is 1.82. The molecule has 1 aromatic rings. The van der Waals surface area contributed by atoms with E-state index in [4.69, 9.17) is 11.6 Å². The fraction of sp³-hybridized carbons (Fsp3) is 0. The van der Waals surface area contributed by atoms with Gasteiger partial charge in [-0.3, -0.25) is 0 Å². The van der Waals surface area contributed by atoms with E-state index in [1.807, 2.05) is 22.6 Å². The first-order chi connectivity index (χ1) is 4.61. The van der Waals surface area contributed by atoms with Crippen LogP contribution >= 0.6 is 50.1 Å². The lowest BCUT2D eigenvalue weighted by Gasteiger charge is -1.99. The van der Waals surface area contributed by atoms with Crippen LogP contribution in [0.2, 0.25) is 5.02 Å². The lowest BCUT2D eigenvalue weighted by Crippen LogP contribution is -1.75. The molecule has 0 saturated carbocycles. The van der Waals surface area contributed by atoms with E-state index in [0.717, 1.165) is 3.57 Å². The molecule has 0 aromatic heterocycles. The Hall–Kier alpha value is 0.520. The molecule has 0 spiro atoms. The summed E-state index contributed by atoms with van der Waals surface area (Å²) in [6, 6.07) is 3.35. The van der Waals surface area contributed by atoms with Crippen LogP contribution in [0.15, 0.2) is 16.6 Å². The topological polar surface area (TPSA) is 20.2 Å². The quantitative estimate of drug-likeness (QED) is 0.722. The zero-order valence-electron chi connectivity index (χ0n) is 4.74. The first kappa shape index (κ1) is 8.62. The van der Waals surface area contributed by atoms with Crippen molar-refractivity contribution in [1.82, 2.24) is 0 Å². The molecule has 0 heterocycles. The van der Waals surface area contributed by atoms with Gasteiger partial charge in [0.2, 0.25) is 0 Å². The van der Waals surface area contributed by atoms with Gasteiger partial charge in [-0.25, -0.2) is 0 Å². The predicted molar refractivity (Wildman–Crippen MR) is 53.5 cm³/mol. The van der Waals surface area contributed by atoms with Crippen LogP contribution in [0.1, 0.15) is 0 Å². The van der Waals surface area contributed by atoms with Crippen LogP contribution in [0, 0.1) is 3.57 Å². The smallest absolute Gasteiger partial charge is 0.143 e. The molecule has 1 rings (SSSR count). The second kappa shape index (κ2) is 3.28. The molecule has 0 saturated heterocycles. The molecule has 0 aliphatic heterocycles. The summed E-state index contributed by atoms with van der Waals surface area (Å²) >= 11 is 10.8. The number of phenols is 1. The van der Waals surface area contributed by atoms with E-state index in [1.165, 1.54) is 0 Å². The molecule has 0 radical (unpaired) electrons. The van der Waals surface area contributed by atoms with Gasteiger partial charge in [0.1, 0.15) is 5.75 Å². The van der Waals surface area contributed by atoms with E-state index in [2.05, 4.69) is 15.9 Å². The Labute approximate surface area is 85.7 Å². The van der Waals surface area contributed by atoms with Crippen LogP contribution in [-0.2, 0) is 0 Å². The molecule has 0 atom stereocenters. The summed E-state index contributed by atoms with van der Waals surface area (Å²) in [5, 5.41) is 9.84. The second-order valence-electron chi connectivity index (χ2n) is 1.72. The van der Waals surface area contributed by atoms with Gasteiger partial charge in [0.15, 0.2) is 0 Å². The first-order valence-corrected chi connectivity index (χ1v) is 4.69. The summed E-state index contributed by atoms with van der Waals surface area (Å²) in [5.74, 6) is 0.241. The van der Waals surface area contributed by atoms with Gasteiger partial charge < -0.3 is 5.11 Å². The SMILES string of the molecule is Oc1c(Br)cc(Cl)cc1I. The summed E-state index contributed by atoms with van der Waals surface area (Å²) in [4.78, 5) is 0. The molecule has 10 heavy (non-hydrogen) atoms. The molecular formula is C6H3BrClIO. The lowest BCUT2D eigenvalue weighted by molar-refractivity contribution is 0.468. The van der Waals surface area contributed by atoms with Crippen molar-refractivity contribution in [2.75, 3.05) is 0 Å². The minimum atomic E-state index is 0.241. The van der Waals surface area contributed by atoms with Crippen molar-refractivity contribution in [1.29, 1.82) is 0 Å². The normalized spacial score (nSPS) is 9.90. The predicted octanol–water partition coefficient (Wildman–Crippen LogP) is 3.41. The van der Waals surface area contributed by atoms with Crippen LogP contribution in [0.25, 0.3) is 0 Å². The van der Waals surface area contributed by atoms with Crippen LogP contribution in [0.4, 0.5) is 0 Å². The van der Waals surface area contributed by atoms with Crippen molar-refractivity contribution >= 4 is 50.1 Å². The van der Waals surface area contributed by atoms with Gasteiger partial charge >= 0.3 is 0 Å². The van der Waals surface area contributed by atoms with Gasteiger partial charge in [0.25, 0.3) is 0 Å². The van der Waals surface area contributed by atoms with Crippen LogP contribution in [0.3, 0.4) is 0 Å². The van der Waals surface area contributed by atoms with E-state index < -0.39 is 0 Å². The van der Waals surface area contributed by atoms with Gasteiger partial charge in [0.05, 0.1) is 8.04 Å². The summed E-state index contributed by atoms with van der Waals surface area (Å²) in [7, 11) is 0. The van der Waals surface area contributed by atoms with E-state index in [1.54, 1.807) is 12.1 Å². The molecule has 54 valence electrons. The number of benzene rings is 1. The second-order valence-corrected chi connectivity index (χ2v) is 4.17. The van der Waals surface area contributed by atoms with Crippen molar-refractivity contribution in [2.45, 2.75) is 0 Å². The van der Waals surface area contributed by atoms with Crippen LogP contribution in [0.5, 0.6) is 5.75 Å². The third kappa shape index (κ3) is 1.77. The molecule has 0 bridgehead atoms. The number of halogens is 3. The Bertz CT molecular complexity index is 241. The summed E-state index contributed by atoms with van der Waals surface area (Å²) < 4.78 is 1.38. The monoisotopic (exact) mass is 332 g/mol. The van der Waals surface area contributed by atoms with Gasteiger partial charge in [0, 0.05) is 5.02 Å². The molecule has 1 nitrogen and oxygen atoms in total. The number of phenolic OH excluding ortho intramolecular Hbond substituents is 1. The summed E-state index contributed by atoms with van der Waals surface area (Å²) in [6.07, 6.45) is 0. The molecular weight excluding hydrogens is 330 g/mol. The Kier molecular flexibility index (Phi) is 2.82. The molecule has 0 amide bonds. The highest BCUT2D eigenvalue weighted by Crippen LogP contribution is 2.31. The van der Waals surface area contributed by atoms with Gasteiger partial charge in [-0.05, 0) is 50.7 Å². The Morgan fingerprint density at radius 2 is 2.10 bits per heavy atom. The molecule has 0 aliphatic carbocycles. The minimum absolute atomic E-state index is 0.241. The maximum Gasteiger partial charge on any atom is 0.143 e. The number of hydrogen-bond donors (Lipinski definition) is 1. The van der Waals surface area contributed by atoms with Crippen molar-refractivity contribution in [2.24, 2.45) is 0 Å².